The van der Waals surface area contributed by atoms with Gasteiger partial charge in [-0.1, -0.05) is 24.3 Å². The van der Waals surface area contributed by atoms with E-state index in [0.717, 1.165) is 13.1 Å². The molecule has 15 heavy (non-hydrogen) atoms. The van der Waals surface area contributed by atoms with Gasteiger partial charge < -0.3 is 10.1 Å². The lowest BCUT2D eigenvalue weighted by Crippen LogP contribution is -2.47. The van der Waals surface area contributed by atoms with E-state index < -0.39 is 0 Å². The number of hydrogen-bond acceptors (Lipinski definition) is 2. The molecule has 2 rings (SSSR count). The Bertz CT molecular complexity index is 346. The monoisotopic (exact) mass is 205 g/mol. The van der Waals surface area contributed by atoms with Crippen LogP contribution >= 0.6 is 0 Å². The topological polar surface area (TPSA) is 21.3 Å². The van der Waals surface area contributed by atoms with Crippen LogP contribution in [0.1, 0.15) is 31.1 Å². The van der Waals surface area contributed by atoms with Crippen LogP contribution in [-0.2, 0) is 4.74 Å². The van der Waals surface area contributed by atoms with Gasteiger partial charge in [-0.05, 0) is 31.9 Å². The van der Waals surface area contributed by atoms with Crippen LogP contribution in [-0.4, -0.2) is 18.7 Å². The highest BCUT2D eigenvalue weighted by atomic mass is 16.5. The second-order valence-corrected chi connectivity index (χ2v) is 4.85. The number of hydrogen-bond donors (Lipinski definition) is 1. The standard InChI is InChI=1S/C13H19NO/c1-10-6-4-5-7-11(10)12-8-14-9-13(2,3)15-12/h4-7,12,14H,8-9H2,1-3H3. The van der Waals surface area contributed by atoms with E-state index in [2.05, 4.69) is 50.4 Å². The lowest BCUT2D eigenvalue weighted by molar-refractivity contribution is -0.0960. The maximum absolute atomic E-state index is 6.08. The molecule has 0 spiro atoms. The molecule has 1 aliphatic rings. The third-order valence-corrected chi connectivity index (χ3v) is 2.88. The van der Waals surface area contributed by atoms with Crippen molar-refractivity contribution in [1.82, 2.24) is 5.32 Å². The van der Waals surface area contributed by atoms with Crippen LogP contribution in [0.4, 0.5) is 0 Å². The molecule has 2 heteroatoms. The smallest absolute Gasteiger partial charge is 0.0959 e. The summed E-state index contributed by atoms with van der Waals surface area (Å²) in [6.07, 6.45) is 0.190. The molecular formula is C13H19NO. The molecule has 0 bridgehead atoms. The molecular weight excluding hydrogens is 186 g/mol. The minimum Gasteiger partial charge on any atom is -0.365 e. The third kappa shape index (κ3) is 2.39. The molecule has 82 valence electrons. The summed E-state index contributed by atoms with van der Waals surface area (Å²) in [6.45, 7) is 8.23. The lowest BCUT2D eigenvalue weighted by atomic mass is 9.99. The van der Waals surface area contributed by atoms with Crippen molar-refractivity contribution >= 4 is 0 Å². The van der Waals surface area contributed by atoms with E-state index >= 15 is 0 Å². The zero-order chi connectivity index (χ0) is 10.9. The summed E-state index contributed by atoms with van der Waals surface area (Å²) < 4.78 is 6.08. The molecule has 0 amide bonds. The van der Waals surface area contributed by atoms with Crippen LogP contribution in [0.3, 0.4) is 0 Å². The Kier molecular flexibility index (Phi) is 2.81. The number of ether oxygens (including phenoxy) is 1. The predicted molar refractivity (Wildman–Crippen MR) is 62.0 cm³/mol. The fourth-order valence-electron chi connectivity index (χ4n) is 2.09. The largest absolute Gasteiger partial charge is 0.365 e. The lowest BCUT2D eigenvalue weighted by Gasteiger charge is -2.37. The minimum absolute atomic E-state index is 0.0643. The van der Waals surface area contributed by atoms with Crippen LogP contribution in [0.25, 0.3) is 0 Å². The van der Waals surface area contributed by atoms with Crippen molar-refractivity contribution in [3.63, 3.8) is 0 Å². The summed E-state index contributed by atoms with van der Waals surface area (Å²) in [5, 5.41) is 3.43. The minimum atomic E-state index is -0.0643. The van der Waals surface area contributed by atoms with Crippen LogP contribution in [0, 0.1) is 6.92 Å². The first kappa shape index (κ1) is 10.7. The van der Waals surface area contributed by atoms with Crippen molar-refractivity contribution in [2.75, 3.05) is 13.1 Å². The quantitative estimate of drug-likeness (QED) is 0.760. The number of benzene rings is 1. The van der Waals surface area contributed by atoms with Crippen molar-refractivity contribution in [2.24, 2.45) is 0 Å². The first-order valence-electron chi connectivity index (χ1n) is 5.52. The van der Waals surface area contributed by atoms with Gasteiger partial charge in [0.2, 0.25) is 0 Å². The normalized spacial score (nSPS) is 25.1. The summed E-state index contributed by atoms with van der Waals surface area (Å²) in [5.74, 6) is 0. The Balaban J connectivity index is 2.21. The van der Waals surface area contributed by atoms with E-state index in [4.69, 9.17) is 4.74 Å². The second-order valence-electron chi connectivity index (χ2n) is 4.85. The molecule has 1 aromatic carbocycles. The predicted octanol–water partition coefficient (Wildman–Crippen LogP) is 2.43. The Morgan fingerprint density at radius 3 is 2.73 bits per heavy atom. The molecule has 1 atom stereocenters. The molecule has 1 heterocycles. The summed E-state index contributed by atoms with van der Waals surface area (Å²) in [5.41, 5.74) is 2.55. The van der Waals surface area contributed by atoms with Gasteiger partial charge in [-0.15, -0.1) is 0 Å². The van der Waals surface area contributed by atoms with Crippen LogP contribution in [0.2, 0.25) is 0 Å². The highest BCUT2D eigenvalue weighted by molar-refractivity contribution is 5.28. The van der Waals surface area contributed by atoms with Crippen molar-refractivity contribution in [2.45, 2.75) is 32.5 Å². The molecule has 0 radical (unpaired) electrons. The number of rotatable bonds is 1. The number of aryl methyl sites for hydroxylation is 1. The van der Waals surface area contributed by atoms with Crippen molar-refractivity contribution in [3.05, 3.63) is 35.4 Å². The molecule has 0 aliphatic carbocycles. The third-order valence-electron chi connectivity index (χ3n) is 2.88. The van der Waals surface area contributed by atoms with Gasteiger partial charge in [-0.25, -0.2) is 0 Å². The van der Waals surface area contributed by atoms with E-state index in [9.17, 15) is 0 Å². The first-order chi connectivity index (χ1) is 7.08. The number of nitrogens with one attached hydrogen (secondary N) is 1. The Labute approximate surface area is 91.6 Å². The zero-order valence-corrected chi connectivity index (χ0v) is 9.71. The van der Waals surface area contributed by atoms with Crippen molar-refractivity contribution < 1.29 is 4.74 Å². The van der Waals surface area contributed by atoms with E-state index in [1.807, 2.05) is 0 Å². The Morgan fingerprint density at radius 1 is 1.33 bits per heavy atom. The number of morpholine rings is 1. The molecule has 2 nitrogen and oxygen atoms in total. The molecule has 1 aromatic rings. The highest BCUT2D eigenvalue weighted by Gasteiger charge is 2.29. The maximum atomic E-state index is 6.08. The van der Waals surface area contributed by atoms with Gasteiger partial charge in [-0.2, -0.15) is 0 Å². The fraction of sp³-hybridized carbons (Fsp3) is 0.538. The average molecular weight is 205 g/mol. The summed E-state index contributed by atoms with van der Waals surface area (Å²) in [6, 6.07) is 8.44. The summed E-state index contributed by atoms with van der Waals surface area (Å²) in [7, 11) is 0. The second kappa shape index (κ2) is 3.95. The molecule has 1 N–H and O–H groups in total. The van der Waals surface area contributed by atoms with Gasteiger partial charge >= 0.3 is 0 Å². The molecule has 0 aromatic heterocycles. The highest BCUT2D eigenvalue weighted by Crippen LogP contribution is 2.28. The average Bonchev–Trinajstić information content (AvgIpc) is 2.17. The van der Waals surface area contributed by atoms with E-state index in [-0.39, 0.29) is 11.7 Å². The van der Waals surface area contributed by atoms with Gasteiger partial charge in [0.1, 0.15) is 0 Å². The maximum Gasteiger partial charge on any atom is 0.0959 e. The Morgan fingerprint density at radius 2 is 2.07 bits per heavy atom. The molecule has 1 fully saturated rings. The molecule has 0 saturated carbocycles. The SMILES string of the molecule is Cc1ccccc1C1CNCC(C)(C)O1. The molecule has 1 unspecified atom stereocenters. The van der Waals surface area contributed by atoms with Gasteiger partial charge in [-0.3, -0.25) is 0 Å². The van der Waals surface area contributed by atoms with E-state index in [1.54, 1.807) is 0 Å². The van der Waals surface area contributed by atoms with Crippen molar-refractivity contribution in [1.29, 1.82) is 0 Å². The molecule has 1 aliphatic heterocycles. The summed E-state index contributed by atoms with van der Waals surface area (Å²) in [4.78, 5) is 0. The first-order valence-corrected chi connectivity index (χ1v) is 5.52. The van der Waals surface area contributed by atoms with Crippen LogP contribution < -0.4 is 5.32 Å². The van der Waals surface area contributed by atoms with E-state index in [1.165, 1.54) is 11.1 Å². The van der Waals surface area contributed by atoms with Crippen LogP contribution in [0.15, 0.2) is 24.3 Å². The molecule has 1 saturated heterocycles. The van der Waals surface area contributed by atoms with Gasteiger partial charge in [0.05, 0.1) is 11.7 Å². The Hall–Kier alpha value is -0.860. The van der Waals surface area contributed by atoms with Gasteiger partial charge in [0.15, 0.2) is 0 Å². The van der Waals surface area contributed by atoms with Crippen molar-refractivity contribution in [3.8, 4) is 0 Å². The van der Waals surface area contributed by atoms with E-state index in [0.29, 0.717) is 0 Å². The summed E-state index contributed by atoms with van der Waals surface area (Å²) >= 11 is 0. The van der Waals surface area contributed by atoms with Gasteiger partial charge in [0.25, 0.3) is 0 Å². The zero-order valence-electron chi connectivity index (χ0n) is 9.71. The fourth-order valence-corrected chi connectivity index (χ4v) is 2.09. The van der Waals surface area contributed by atoms with Gasteiger partial charge in [0, 0.05) is 13.1 Å². The van der Waals surface area contributed by atoms with Crippen LogP contribution in [0.5, 0.6) is 0 Å².